The number of aromatic nitrogens is 1. The van der Waals surface area contributed by atoms with Crippen molar-refractivity contribution in [1.29, 1.82) is 0 Å². The van der Waals surface area contributed by atoms with Crippen molar-refractivity contribution in [3.8, 4) is 0 Å². The molecule has 0 spiro atoms. The van der Waals surface area contributed by atoms with Crippen LogP contribution in [0.4, 0.5) is 0 Å². The maximum atomic E-state index is 5.55. The minimum Gasteiger partial charge on any atom is -0.350 e. The summed E-state index contributed by atoms with van der Waals surface area (Å²) in [5.41, 5.74) is 6.78. The lowest BCUT2D eigenvalue weighted by atomic mass is 10.3. The minimum atomic E-state index is 0.650. The van der Waals surface area contributed by atoms with Gasteiger partial charge in [-0.25, -0.2) is 0 Å². The summed E-state index contributed by atoms with van der Waals surface area (Å²) in [6, 6.07) is 4.13. The number of hydrogen-bond donors (Lipinski definition) is 1. The van der Waals surface area contributed by atoms with Gasteiger partial charge in [-0.15, -0.1) is 0 Å². The molecule has 0 aromatic carbocycles. The third-order valence-corrected chi connectivity index (χ3v) is 1.89. The van der Waals surface area contributed by atoms with E-state index in [0.717, 1.165) is 6.54 Å². The third kappa shape index (κ3) is 2.09. The fraction of sp³-hybridized carbons (Fsp3) is 0.556. The second kappa shape index (κ2) is 4.19. The van der Waals surface area contributed by atoms with E-state index in [4.69, 9.17) is 5.73 Å². The highest BCUT2D eigenvalue weighted by atomic mass is 15.0. The highest BCUT2D eigenvalue weighted by Crippen LogP contribution is 2.03. The van der Waals surface area contributed by atoms with Crippen molar-refractivity contribution in [2.75, 3.05) is 0 Å². The molecule has 2 heteroatoms. The average molecular weight is 152 g/mol. The molecular weight excluding hydrogens is 136 g/mol. The van der Waals surface area contributed by atoms with Gasteiger partial charge in [-0.2, -0.15) is 0 Å². The van der Waals surface area contributed by atoms with Crippen molar-refractivity contribution in [2.24, 2.45) is 5.73 Å². The van der Waals surface area contributed by atoms with Crippen LogP contribution in [0.5, 0.6) is 0 Å². The molecule has 11 heavy (non-hydrogen) atoms. The lowest BCUT2D eigenvalue weighted by Gasteiger charge is -2.05. The molecule has 1 aromatic rings. The normalized spacial score (nSPS) is 10.4. The van der Waals surface area contributed by atoms with E-state index < -0.39 is 0 Å². The Morgan fingerprint density at radius 2 is 2.36 bits per heavy atom. The molecule has 0 atom stereocenters. The number of hydrogen-bond acceptors (Lipinski definition) is 1. The maximum Gasteiger partial charge on any atom is 0.0334 e. The lowest BCUT2D eigenvalue weighted by Crippen LogP contribution is -2.06. The van der Waals surface area contributed by atoms with Crippen LogP contribution >= 0.6 is 0 Å². The molecule has 0 bridgehead atoms. The Morgan fingerprint density at radius 3 is 3.00 bits per heavy atom. The first kappa shape index (κ1) is 8.34. The topological polar surface area (TPSA) is 30.9 Å². The molecule has 1 heterocycles. The smallest absolute Gasteiger partial charge is 0.0334 e. The van der Waals surface area contributed by atoms with Gasteiger partial charge in [0.25, 0.3) is 0 Å². The van der Waals surface area contributed by atoms with E-state index in [0.29, 0.717) is 6.54 Å². The molecule has 0 amide bonds. The molecule has 1 rings (SSSR count). The van der Waals surface area contributed by atoms with Crippen LogP contribution in [0.3, 0.4) is 0 Å². The van der Waals surface area contributed by atoms with Crippen molar-refractivity contribution < 1.29 is 0 Å². The Morgan fingerprint density at radius 1 is 1.55 bits per heavy atom. The lowest BCUT2D eigenvalue weighted by molar-refractivity contribution is 0.611. The Balaban J connectivity index is 2.54. The van der Waals surface area contributed by atoms with Crippen LogP contribution in [0, 0.1) is 0 Å². The summed E-state index contributed by atoms with van der Waals surface area (Å²) in [6.45, 7) is 3.96. The Hall–Kier alpha value is -0.760. The molecule has 0 radical (unpaired) electrons. The predicted octanol–water partition coefficient (Wildman–Crippen LogP) is 1.75. The largest absolute Gasteiger partial charge is 0.350 e. The molecule has 62 valence electrons. The van der Waals surface area contributed by atoms with Crippen LogP contribution in [-0.4, -0.2) is 4.57 Å². The van der Waals surface area contributed by atoms with E-state index in [1.165, 1.54) is 18.5 Å². The first-order chi connectivity index (χ1) is 5.38. The molecular formula is C9H16N2. The van der Waals surface area contributed by atoms with E-state index in [2.05, 4.69) is 29.8 Å². The van der Waals surface area contributed by atoms with Crippen molar-refractivity contribution in [3.63, 3.8) is 0 Å². The third-order valence-electron chi connectivity index (χ3n) is 1.89. The Bertz CT molecular complexity index is 203. The SMILES string of the molecule is CCCCn1cccc1CN. The zero-order valence-electron chi connectivity index (χ0n) is 7.09. The zero-order valence-corrected chi connectivity index (χ0v) is 7.09. The van der Waals surface area contributed by atoms with E-state index in [1.807, 2.05) is 0 Å². The predicted molar refractivity (Wildman–Crippen MR) is 47.2 cm³/mol. The zero-order chi connectivity index (χ0) is 8.10. The number of unbranched alkanes of at least 4 members (excludes halogenated alkanes) is 1. The van der Waals surface area contributed by atoms with E-state index in [-0.39, 0.29) is 0 Å². The molecule has 0 unspecified atom stereocenters. The monoisotopic (exact) mass is 152 g/mol. The van der Waals surface area contributed by atoms with Gasteiger partial charge >= 0.3 is 0 Å². The van der Waals surface area contributed by atoms with Crippen LogP contribution in [0.2, 0.25) is 0 Å². The second-order valence-corrected chi connectivity index (χ2v) is 2.75. The van der Waals surface area contributed by atoms with Crippen molar-refractivity contribution >= 4 is 0 Å². The van der Waals surface area contributed by atoms with E-state index in [1.54, 1.807) is 0 Å². The molecule has 2 nitrogen and oxygen atoms in total. The summed E-state index contributed by atoms with van der Waals surface area (Å²) in [4.78, 5) is 0. The Kier molecular flexibility index (Phi) is 3.17. The number of nitrogens with two attached hydrogens (primary N) is 1. The molecule has 0 aliphatic rings. The highest BCUT2D eigenvalue weighted by molar-refractivity contribution is 5.06. The van der Waals surface area contributed by atoms with Crippen LogP contribution in [0.15, 0.2) is 18.3 Å². The summed E-state index contributed by atoms with van der Waals surface area (Å²) < 4.78 is 2.23. The first-order valence-corrected chi connectivity index (χ1v) is 4.22. The molecule has 0 fully saturated rings. The molecule has 0 aliphatic heterocycles. The standard InChI is InChI=1S/C9H16N2/c1-2-3-6-11-7-4-5-9(11)8-10/h4-5,7H,2-3,6,8,10H2,1H3. The summed E-state index contributed by atoms with van der Waals surface area (Å²) in [5.74, 6) is 0. The summed E-state index contributed by atoms with van der Waals surface area (Å²) in [6.07, 6.45) is 4.57. The average Bonchev–Trinajstić information content (AvgIpc) is 2.47. The number of aryl methyl sites for hydroxylation is 1. The van der Waals surface area contributed by atoms with Gasteiger partial charge in [-0.1, -0.05) is 13.3 Å². The molecule has 2 N–H and O–H groups in total. The quantitative estimate of drug-likeness (QED) is 0.700. The molecule has 0 saturated heterocycles. The summed E-state index contributed by atoms with van der Waals surface area (Å²) in [5, 5.41) is 0. The van der Waals surface area contributed by atoms with Gasteiger partial charge in [0.05, 0.1) is 0 Å². The van der Waals surface area contributed by atoms with Gasteiger partial charge in [0.2, 0.25) is 0 Å². The van der Waals surface area contributed by atoms with E-state index in [9.17, 15) is 0 Å². The van der Waals surface area contributed by atoms with Gasteiger partial charge in [0, 0.05) is 25.0 Å². The Labute approximate surface area is 68.0 Å². The van der Waals surface area contributed by atoms with Crippen LogP contribution < -0.4 is 5.73 Å². The fourth-order valence-corrected chi connectivity index (χ4v) is 1.18. The van der Waals surface area contributed by atoms with Gasteiger partial charge < -0.3 is 10.3 Å². The first-order valence-electron chi connectivity index (χ1n) is 4.22. The van der Waals surface area contributed by atoms with E-state index >= 15 is 0 Å². The van der Waals surface area contributed by atoms with Gasteiger partial charge in [0.1, 0.15) is 0 Å². The molecule has 0 saturated carbocycles. The van der Waals surface area contributed by atoms with Crippen molar-refractivity contribution in [1.82, 2.24) is 4.57 Å². The minimum absolute atomic E-state index is 0.650. The fourth-order valence-electron chi connectivity index (χ4n) is 1.18. The van der Waals surface area contributed by atoms with Crippen LogP contribution in [0.25, 0.3) is 0 Å². The van der Waals surface area contributed by atoms with Crippen molar-refractivity contribution in [2.45, 2.75) is 32.9 Å². The second-order valence-electron chi connectivity index (χ2n) is 2.75. The van der Waals surface area contributed by atoms with Gasteiger partial charge in [-0.05, 0) is 18.6 Å². The molecule has 0 aliphatic carbocycles. The van der Waals surface area contributed by atoms with Crippen LogP contribution in [0.1, 0.15) is 25.5 Å². The van der Waals surface area contributed by atoms with Gasteiger partial charge in [-0.3, -0.25) is 0 Å². The van der Waals surface area contributed by atoms with Crippen molar-refractivity contribution in [3.05, 3.63) is 24.0 Å². The number of rotatable bonds is 4. The summed E-state index contributed by atoms with van der Waals surface area (Å²) in [7, 11) is 0. The maximum absolute atomic E-state index is 5.55. The van der Waals surface area contributed by atoms with Gasteiger partial charge in [0.15, 0.2) is 0 Å². The van der Waals surface area contributed by atoms with Crippen LogP contribution in [-0.2, 0) is 13.1 Å². The highest BCUT2D eigenvalue weighted by Gasteiger charge is 1.95. The summed E-state index contributed by atoms with van der Waals surface area (Å²) >= 11 is 0. The number of nitrogens with zero attached hydrogens (tertiary/aromatic N) is 1. The molecule has 1 aromatic heterocycles.